The van der Waals surface area contributed by atoms with Crippen LogP contribution in [0.5, 0.6) is 0 Å². The van der Waals surface area contributed by atoms with E-state index in [1.54, 1.807) is 6.07 Å². The zero-order valence-electron chi connectivity index (χ0n) is 11.2. The smallest absolute Gasteiger partial charge is 0.191 e. The van der Waals surface area contributed by atoms with Crippen molar-refractivity contribution in [2.24, 2.45) is 11.3 Å². The summed E-state index contributed by atoms with van der Waals surface area (Å²) in [6.45, 7) is 9.80. The van der Waals surface area contributed by atoms with Crippen LogP contribution in [0.4, 0.5) is 11.6 Å². The van der Waals surface area contributed by atoms with Crippen molar-refractivity contribution in [3.63, 3.8) is 0 Å². The summed E-state index contributed by atoms with van der Waals surface area (Å²) in [6, 6.07) is 1.77. The maximum absolute atomic E-state index is 5.73. The highest BCUT2D eigenvalue weighted by molar-refractivity contribution is 7.98. The summed E-state index contributed by atoms with van der Waals surface area (Å²) in [7, 11) is 0. The fraction of sp³-hybridized carbons (Fsp3) is 0.667. The Morgan fingerprint density at radius 3 is 2.59 bits per heavy atom. The number of hydrogen-bond donors (Lipinski definition) is 2. The van der Waals surface area contributed by atoms with Gasteiger partial charge in [0.15, 0.2) is 5.16 Å². The van der Waals surface area contributed by atoms with Gasteiger partial charge in [0.1, 0.15) is 11.6 Å². The molecule has 3 N–H and O–H groups in total. The second-order valence-electron chi connectivity index (χ2n) is 5.16. The molecule has 0 saturated heterocycles. The molecule has 1 rings (SSSR count). The Balaban J connectivity index is 2.72. The first kappa shape index (κ1) is 14.1. The predicted octanol–water partition coefficient (Wildman–Crippen LogP) is 2.87. The van der Waals surface area contributed by atoms with Gasteiger partial charge in [0.2, 0.25) is 0 Å². The molecule has 0 saturated carbocycles. The van der Waals surface area contributed by atoms with Crippen LogP contribution in [0, 0.1) is 11.3 Å². The SMILES string of the molecule is CSc1nc(N)cc(NCC(C)(C)C(C)C)n1. The summed E-state index contributed by atoms with van der Waals surface area (Å²) in [5.74, 6) is 1.92. The number of nitrogens with zero attached hydrogens (tertiary/aromatic N) is 2. The number of thioether (sulfide) groups is 1. The summed E-state index contributed by atoms with van der Waals surface area (Å²) >= 11 is 1.49. The van der Waals surface area contributed by atoms with Crippen LogP contribution in [-0.4, -0.2) is 22.8 Å². The number of rotatable bonds is 5. The Hall–Kier alpha value is -0.970. The molecule has 1 aromatic rings. The number of nitrogen functional groups attached to an aromatic ring is 1. The lowest BCUT2D eigenvalue weighted by molar-refractivity contribution is 0.269. The molecule has 0 amide bonds. The van der Waals surface area contributed by atoms with E-state index in [1.807, 2.05) is 6.26 Å². The van der Waals surface area contributed by atoms with Crippen molar-refractivity contribution in [2.75, 3.05) is 23.9 Å². The molecule has 0 aliphatic carbocycles. The molecule has 1 heterocycles. The number of aromatic nitrogens is 2. The van der Waals surface area contributed by atoms with Crippen LogP contribution in [0.25, 0.3) is 0 Å². The molecule has 0 radical (unpaired) electrons. The topological polar surface area (TPSA) is 63.8 Å². The molecule has 0 fully saturated rings. The Morgan fingerprint density at radius 2 is 2.06 bits per heavy atom. The normalized spacial score (nSPS) is 11.9. The van der Waals surface area contributed by atoms with E-state index < -0.39 is 0 Å². The molecule has 4 nitrogen and oxygen atoms in total. The van der Waals surface area contributed by atoms with E-state index in [0.29, 0.717) is 16.9 Å². The number of anilines is 2. The highest BCUT2D eigenvalue weighted by Gasteiger charge is 2.22. The average Bonchev–Trinajstić information content (AvgIpc) is 2.25. The second-order valence-corrected chi connectivity index (χ2v) is 5.93. The van der Waals surface area contributed by atoms with Crippen molar-refractivity contribution in [3.8, 4) is 0 Å². The summed E-state index contributed by atoms with van der Waals surface area (Å²) in [5, 5.41) is 4.04. The first-order valence-corrected chi connectivity index (χ1v) is 7.00. The van der Waals surface area contributed by atoms with Crippen LogP contribution in [0.15, 0.2) is 11.2 Å². The van der Waals surface area contributed by atoms with Gasteiger partial charge in [0.25, 0.3) is 0 Å². The van der Waals surface area contributed by atoms with Crippen LogP contribution in [0.3, 0.4) is 0 Å². The molecule has 0 spiro atoms. The van der Waals surface area contributed by atoms with Gasteiger partial charge in [-0.15, -0.1) is 0 Å². The van der Waals surface area contributed by atoms with Crippen LogP contribution in [0.1, 0.15) is 27.7 Å². The maximum Gasteiger partial charge on any atom is 0.191 e. The zero-order chi connectivity index (χ0) is 13.1. The molecule has 0 atom stereocenters. The van der Waals surface area contributed by atoms with Gasteiger partial charge in [-0.25, -0.2) is 9.97 Å². The van der Waals surface area contributed by atoms with Gasteiger partial charge >= 0.3 is 0 Å². The molecular formula is C12H22N4S. The van der Waals surface area contributed by atoms with Crippen molar-refractivity contribution < 1.29 is 0 Å². The van der Waals surface area contributed by atoms with Gasteiger partial charge in [0, 0.05) is 12.6 Å². The van der Waals surface area contributed by atoms with Crippen LogP contribution >= 0.6 is 11.8 Å². The average molecular weight is 254 g/mol. The third-order valence-electron chi connectivity index (χ3n) is 3.20. The number of nitrogens with one attached hydrogen (secondary N) is 1. The van der Waals surface area contributed by atoms with E-state index >= 15 is 0 Å². The van der Waals surface area contributed by atoms with Crippen LogP contribution in [0.2, 0.25) is 0 Å². The monoisotopic (exact) mass is 254 g/mol. The maximum atomic E-state index is 5.73. The van der Waals surface area contributed by atoms with Gasteiger partial charge in [-0.2, -0.15) is 0 Å². The van der Waals surface area contributed by atoms with Crippen molar-refractivity contribution in [1.82, 2.24) is 9.97 Å². The molecule has 1 aromatic heterocycles. The predicted molar refractivity (Wildman–Crippen MR) is 75.3 cm³/mol. The van der Waals surface area contributed by atoms with E-state index in [9.17, 15) is 0 Å². The molecule has 17 heavy (non-hydrogen) atoms. The molecule has 0 aromatic carbocycles. The van der Waals surface area contributed by atoms with Crippen LogP contribution in [-0.2, 0) is 0 Å². The molecule has 0 unspecified atom stereocenters. The third kappa shape index (κ3) is 4.07. The van der Waals surface area contributed by atoms with Gasteiger partial charge < -0.3 is 11.1 Å². The summed E-state index contributed by atoms with van der Waals surface area (Å²) in [6.07, 6.45) is 1.94. The first-order chi connectivity index (χ1) is 7.85. The largest absolute Gasteiger partial charge is 0.383 e. The molecule has 0 bridgehead atoms. The minimum Gasteiger partial charge on any atom is -0.383 e. The first-order valence-electron chi connectivity index (χ1n) is 5.77. The second kappa shape index (κ2) is 5.58. The van der Waals surface area contributed by atoms with E-state index in [4.69, 9.17) is 5.73 Å². The minimum atomic E-state index is 0.221. The quantitative estimate of drug-likeness (QED) is 0.625. The third-order valence-corrected chi connectivity index (χ3v) is 3.74. The number of hydrogen-bond acceptors (Lipinski definition) is 5. The van der Waals surface area contributed by atoms with E-state index in [1.165, 1.54) is 11.8 Å². The Morgan fingerprint density at radius 1 is 1.41 bits per heavy atom. The van der Waals surface area contributed by atoms with Gasteiger partial charge in [-0.05, 0) is 17.6 Å². The van der Waals surface area contributed by atoms with Crippen molar-refractivity contribution in [1.29, 1.82) is 0 Å². The summed E-state index contributed by atoms with van der Waals surface area (Å²) in [4.78, 5) is 8.50. The van der Waals surface area contributed by atoms with Gasteiger partial charge in [0.05, 0.1) is 0 Å². The molecule has 0 aliphatic rings. The van der Waals surface area contributed by atoms with Crippen LogP contribution < -0.4 is 11.1 Å². The lowest BCUT2D eigenvalue weighted by Crippen LogP contribution is -2.28. The van der Waals surface area contributed by atoms with Crippen molar-refractivity contribution in [3.05, 3.63) is 6.07 Å². The Kier molecular flexibility index (Phi) is 4.62. The summed E-state index contributed by atoms with van der Waals surface area (Å²) in [5.41, 5.74) is 5.95. The molecule has 0 aliphatic heterocycles. The van der Waals surface area contributed by atoms with E-state index in [0.717, 1.165) is 12.4 Å². The summed E-state index contributed by atoms with van der Waals surface area (Å²) < 4.78 is 0. The molecule has 5 heteroatoms. The van der Waals surface area contributed by atoms with E-state index in [-0.39, 0.29) is 5.41 Å². The fourth-order valence-electron chi connectivity index (χ4n) is 1.15. The molecule has 96 valence electrons. The molecular weight excluding hydrogens is 232 g/mol. The van der Waals surface area contributed by atoms with Crippen molar-refractivity contribution in [2.45, 2.75) is 32.9 Å². The van der Waals surface area contributed by atoms with Crippen molar-refractivity contribution >= 4 is 23.4 Å². The fourth-order valence-corrected chi connectivity index (χ4v) is 1.53. The highest BCUT2D eigenvalue weighted by Crippen LogP contribution is 2.26. The van der Waals surface area contributed by atoms with E-state index in [2.05, 4.69) is 43.0 Å². The Labute approximate surface area is 108 Å². The lowest BCUT2D eigenvalue weighted by Gasteiger charge is -2.29. The minimum absolute atomic E-state index is 0.221. The number of nitrogens with two attached hydrogens (primary N) is 1. The van der Waals surface area contributed by atoms with Gasteiger partial charge in [-0.3, -0.25) is 0 Å². The Bertz CT molecular complexity index is 377. The van der Waals surface area contributed by atoms with Gasteiger partial charge in [-0.1, -0.05) is 39.5 Å². The lowest BCUT2D eigenvalue weighted by atomic mass is 9.81. The zero-order valence-corrected chi connectivity index (χ0v) is 12.1. The highest BCUT2D eigenvalue weighted by atomic mass is 32.2. The standard InChI is InChI=1S/C12H22N4S/c1-8(2)12(3,4)7-14-10-6-9(13)15-11(16-10)17-5/h6,8H,7H2,1-5H3,(H3,13,14,15,16).